The summed E-state index contributed by atoms with van der Waals surface area (Å²) in [5.74, 6) is 0.514. The van der Waals surface area contributed by atoms with E-state index >= 15 is 0 Å². The molecule has 1 aromatic carbocycles. The fraction of sp³-hybridized carbons (Fsp3) is 0.462. The van der Waals surface area contributed by atoms with Crippen LogP contribution in [0.15, 0.2) is 18.2 Å². The highest BCUT2D eigenvalue weighted by atomic mass is 16.5. The third kappa shape index (κ3) is 2.20. The van der Waals surface area contributed by atoms with Crippen LogP contribution in [0.5, 0.6) is 11.5 Å². The van der Waals surface area contributed by atoms with Crippen LogP contribution < -0.4 is 4.74 Å². The van der Waals surface area contributed by atoms with Gasteiger partial charge in [0.1, 0.15) is 11.5 Å². The maximum absolute atomic E-state index is 11.6. The van der Waals surface area contributed by atoms with E-state index in [0.29, 0.717) is 6.61 Å². The molecule has 0 spiro atoms. The molecule has 0 aromatic heterocycles. The monoisotopic (exact) mass is 236 g/mol. The molecule has 1 aliphatic heterocycles. The quantitative estimate of drug-likeness (QED) is 0.799. The normalized spacial score (nSPS) is 20.0. The number of fused-ring (bicyclic) bond motifs is 1. The van der Waals surface area contributed by atoms with Crippen molar-refractivity contribution in [1.82, 2.24) is 0 Å². The molecule has 1 heterocycles. The summed E-state index contributed by atoms with van der Waals surface area (Å²) in [5.41, 5.74) is 0.883. The smallest absolute Gasteiger partial charge is 0.308 e. The van der Waals surface area contributed by atoms with Crippen LogP contribution in [0.4, 0.5) is 0 Å². The van der Waals surface area contributed by atoms with Gasteiger partial charge in [-0.1, -0.05) is 6.92 Å². The van der Waals surface area contributed by atoms with E-state index < -0.39 is 0 Å². The summed E-state index contributed by atoms with van der Waals surface area (Å²) in [4.78, 5) is 11.6. The van der Waals surface area contributed by atoms with Gasteiger partial charge in [0, 0.05) is 11.5 Å². The van der Waals surface area contributed by atoms with Gasteiger partial charge in [0.2, 0.25) is 0 Å². The Bertz CT molecular complexity index is 427. The van der Waals surface area contributed by atoms with Crippen LogP contribution in [0.2, 0.25) is 0 Å². The second kappa shape index (κ2) is 4.65. The van der Waals surface area contributed by atoms with Crippen molar-refractivity contribution in [3.63, 3.8) is 0 Å². The summed E-state index contributed by atoms with van der Waals surface area (Å²) in [6.07, 6.45) is 0.757. The molecule has 4 nitrogen and oxygen atoms in total. The lowest BCUT2D eigenvalue weighted by Gasteiger charge is -2.29. The third-order valence-electron chi connectivity index (χ3n) is 3.26. The van der Waals surface area contributed by atoms with E-state index in [1.54, 1.807) is 18.2 Å². The Balaban J connectivity index is 2.33. The molecule has 0 aliphatic carbocycles. The second-order valence-electron chi connectivity index (χ2n) is 4.28. The molecule has 0 bridgehead atoms. The molecule has 0 radical (unpaired) electrons. The van der Waals surface area contributed by atoms with Crippen LogP contribution in [0, 0.1) is 5.92 Å². The van der Waals surface area contributed by atoms with E-state index in [4.69, 9.17) is 9.47 Å². The van der Waals surface area contributed by atoms with E-state index in [1.165, 1.54) is 7.11 Å². The Morgan fingerprint density at radius 3 is 3.06 bits per heavy atom. The van der Waals surface area contributed by atoms with Crippen LogP contribution in [-0.4, -0.2) is 24.8 Å². The SMILES string of the molecule is COC(=O)C(C)C1CCOc2ccc(O)cc21. The number of phenols is 1. The minimum absolute atomic E-state index is 0.0401. The summed E-state index contributed by atoms with van der Waals surface area (Å²) in [6.45, 7) is 2.43. The molecule has 1 aromatic rings. The molecule has 2 rings (SSSR count). The molecule has 92 valence electrons. The van der Waals surface area contributed by atoms with Crippen molar-refractivity contribution in [3.8, 4) is 11.5 Å². The van der Waals surface area contributed by atoms with E-state index in [1.807, 2.05) is 6.92 Å². The molecule has 0 saturated heterocycles. The first-order valence-electron chi connectivity index (χ1n) is 5.67. The molecule has 1 N–H and O–H groups in total. The van der Waals surface area contributed by atoms with Gasteiger partial charge in [-0.25, -0.2) is 0 Å². The summed E-state index contributed by atoms with van der Waals surface area (Å²) in [7, 11) is 1.39. The predicted molar refractivity (Wildman–Crippen MR) is 62.1 cm³/mol. The third-order valence-corrected chi connectivity index (χ3v) is 3.26. The fourth-order valence-electron chi connectivity index (χ4n) is 2.28. The molecule has 17 heavy (non-hydrogen) atoms. The molecule has 0 fully saturated rings. The zero-order valence-electron chi connectivity index (χ0n) is 9.97. The number of hydrogen-bond donors (Lipinski definition) is 1. The largest absolute Gasteiger partial charge is 0.508 e. The Labute approximate surface area is 100 Å². The van der Waals surface area contributed by atoms with Crippen molar-refractivity contribution >= 4 is 5.97 Å². The molecule has 2 atom stereocenters. The molecular weight excluding hydrogens is 220 g/mol. The Morgan fingerprint density at radius 2 is 2.35 bits per heavy atom. The highest BCUT2D eigenvalue weighted by Crippen LogP contribution is 2.40. The minimum Gasteiger partial charge on any atom is -0.508 e. The first-order chi connectivity index (χ1) is 8.13. The standard InChI is InChI=1S/C13H16O4/c1-8(13(15)16-2)10-5-6-17-12-4-3-9(14)7-11(10)12/h3-4,7-8,10,14H,5-6H2,1-2H3. The van der Waals surface area contributed by atoms with E-state index in [2.05, 4.69) is 0 Å². The molecule has 4 heteroatoms. The number of aromatic hydroxyl groups is 1. The lowest BCUT2D eigenvalue weighted by Crippen LogP contribution is -2.25. The number of ether oxygens (including phenoxy) is 2. The van der Waals surface area contributed by atoms with Gasteiger partial charge in [0.05, 0.1) is 19.6 Å². The summed E-state index contributed by atoms with van der Waals surface area (Å²) in [6, 6.07) is 4.99. The average molecular weight is 236 g/mol. The number of carbonyl (C=O) groups is 1. The summed E-state index contributed by atoms with van der Waals surface area (Å²) >= 11 is 0. The lowest BCUT2D eigenvalue weighted by molar-refractivity contribution is -0.145. The van der Waals surface area contributed by atoms with Gasteiger partial charge in [-0.05, 0) is 24.6 Å². The molecular formula is C13H16O4. The number of phenolic OH excluding ortho intramolecular Hbond substituents is 1. The zero-order valence-corrected chi connectivity index (χ0v) is 9.97. The number of rotatable bonds is 2. The van der Waals surface area contributed by atoms with Crippen molar-refractivity contribution in [2.24, 2.45) is 5.92 Å². The number of hydrogen-bond acceptors (Lipinski definition) is 4. The van der Waals surface area contributed by atoms with Crippen LogP contribution in [0.3, 0.4) is 0 Å². The first-order valence-corrected chi connectivity index (χ1v) is 5.67. The van der Waals surface area contributed by atoms with Gasteiger partial charge in [0.25, 0.3) is 0 Å². The van der Waals surface area contributed by atoms with E-state index in [9.17, 15) is 9.90 Å². The lowest BCUT2D eigenvalue weighted by atomic mass is 9.83. The predicted octanol–water partition coefficient (Wildman–Crippen LogP) is 2.07. The second-order valence-corrected chi connectivity index (χ2v) is 4.28. The van der Waals surface area contributed by atoms with Gasteiger partial charge in [-0.3, -0.25) is 4.79 Å². The van der Waals surface area contributed by atoms with Gasteiger partial charge >= 0.3 is 5.97 Å². The summed E-state index contributed by atoms with van der Waals surface area (Å²) in [5, 5.41) is 9.51. The fourth-order valence-corrected chi connectivity index (χ4v) is 2.28. The zero-order chi connectivity index (χ0) is 12.4. The minimum atomic E-state index is -0.232. The average Bonchev–Trinajstić information content (AvgIpc) is 2.36. The van der Waals surface area contributed by atoms with Crippen LogP contribution >= 0.6 is 0 Å². The first kappa shape index (κ1) is 11.8. The number of carbonyl (C=O) groups excluding carboxylic acids is 1. The van der Waals surface area contributed by atoms with Crippen molar-refractivity contribution < 1.29 is 19.4 Å². The Hall–Kier alpha value is -1.71. The molecule has 2 unspecified atom stereocenters. The number of esters is 1. The van der Waals surface area contributed by atoms with Crippen LogP contribution in [0.25, 0.3) is 0 Å². The molecule has 1 aliphatic rings. The van der Waals surface area contributed by atoms with Crippen LogP contribution in [0.1, 0.15) is 24.8 Å². The maximum atomic E-state index is 11.6. The van der Waals surface area contributed by atoms with Crippen molar-refractivity contribution in [2.75, 3.05) is 13.7 Å². The Kier molecular flexibility index (Phi) is 3.22. The number of methoxy groups -OCH3 is 1. The van der Waals surface area contributed by atoms with Crippen molar-refractivity contribution in [1.29, 1.82) is 0 Å². The van der Waals surface area contributed by atoms with E-state index in [-0.39, 0.29) is 23.6 Å². The topological polar surface area (TPSA) is 55.8 Å². The van der Waals surface area contributed by atoms with Crippen LogP contribution in [-0.2, 0) is 9.53 Å². The van der Waals surface area contributed by atoms with Gasteiger partial charge in [-0.15, -0.1) is 0 Å². The van der Waals surface area contributed by atoms with E-state index in [0.717, 1.165) is 17.7 Å². The molecule has 0 saturated carbocycles. The van der Waals surface area contributed by atoms with Gasteiger partial charge in [0.15, 0.2) is 0 Å². The number of benzene rings is 1. The molecule has 0 amide bonds. The van der Waals surface area contributed by atoms with Gasteiger partial charge in [-0.2, -0.15) is 0 Å². The Morgan fingerprint density at radius 1 is 1.59 bits per heavy atom. The highest BCUT2D eigenvalue weighted by molar-refractivity contribution is 5.73. The van der Waals surface area contributed by atoms with Gasteiger partial charge < -0.3 is 14.6 Å². The summed E-state index contributed by atoms with van der Waals surface area (Å²) < 4.78 is 10.3. The van der Waals surface area contributed by atoms with Crippen molar-refractivity contribution in [2.45, 2.75) is 19.3 Å². The highest BCUT2D eigenvalue weighted by Gasteiger charge is 2.31. The maximum Gasteiger partial charge on any atom is 0.308 e. The van der Waals surface area contributed by atoms with Crippen molar-refractivity contribution in [3.05, 3.63) is 23.8 Å².